The van der Waals surface area contributed by atoms with E-state index in [1.165, 1.54) is 76.8 Å². The van der Waals surface area contributed by atoms with Gasteiger partial charge in [-0.3, -0.25) is 0 Å². The Kier molecular flexibility index (Phi) is 9.05. The molecule has 0 aromatic carbocycles. The van der Waals surface area contributed by atoms with Gasteiger partial charge in [-0.1, -0.05) is 77.1 Å². The Labute approximate surface area is 123 Å². The molecular weight excluding hydrogens is 246 g/mol. The van der Waals surface area contributed by atoms with Crippen molar-refractivity contribution in [2.24, 2.45) is 0 Å². The molecule has 2 heteroatoms. The Bertz CT molecular complexity index is 209. The highest BCUT2D eigenvalue weighted by Crippen LogP contribution is 2.22. The van der Waals surface area contributed by atoms with Crippen LogP contribution < -0.4 is 5.32 Å². The lowest BCUT2D eigenvalue weighted by Gasteiger charge is -2.25. The van der Waals surface area contributed by atoms with Crippen molar-refractivity contribution in [1.29, 1.82) is 0 Å². The minimum atomic E-state index is -0.880. The van der Waals surface area contributed by atoms with Crippen molar-refractivity contribution in [1.82, 2.24) is 5.32 Å². The quantitative estimate of drug-likeness (QED) is 0.407. The van der Waals surface area contributed by atoms with Gasteiger partial charge in [-0.05, 0) is 25.8 Å². The Morgan fingerprint density at radius 2 is 1.58 bits per heavy atom. The zero-order valence-corrected chi connectivity index (χ0v) is 14.8. The first kappa shape index (κ1) is 17.2. The van der Waals surface area contributed by atoms with Crippen LogP contribution in [0.15, 0.2) is 0 Å². The minimum absolute atomic E-state index is 0.850. The summed E-state index contributed by atoms with van der Waals surface area (Å²) in [6.07, 6.45) is 14.4. The molecule has 1 fully saturated rings. The van der Waals surface area contributed by atoms with Crippen LogP contribution in [0, 0.1) is 0 Å². The van der Waals surface area contributed by atoms with Crippen LogP contribution in [0.4, 0.5) is 0 Å². The molecule has 114 valence electrons. The van der Waals surface area contributed by atoms with Gasteiger partial charge in [-0.15, -0.1) is 0 Å². The average Bonchev–Trinajstić information content (AvgIpc) is 2.41. The highest BCUT2D eigenvalue weighted by atomic mass is 28.3. The molecule has 19 heavy (non-hydrogen) atoms. The van der Waals surface area contributed by atoms with Gasteiger partial charge in [-0.25, -0.2) is 0 Å². The molecular formula is C17H37NSi. The smallest absolute Gasteiger partial charge is 0.0474 e. The van der Waals surface area contributed by atoms with Crippen molar-refractivity contribution < 1.29 is 0 Å². The molecule has 0 amide bonds. The van der Waals surface area contributed by atoms with E-state index in [2.05, 4.69) is 25.3 Å². The van der Waals surface area contributed by atoms with Crippen molar-refractivity contribution in [2.75, 3.05) is 6.54 Å². The van der Waals surface area contributed by atoms with E-state index in [1.807, 2.05) is 0 Å². The van der Waals surface area contributed by atoms with Crippen molar-refractivity contribution in [3.63, 3.8) is 0 Å². The molecule has 1 N–H and O–H groups in total. The van der Waals surface area contributed by atoms with Crippen LogP contribution in [-0.4, -0.2) is 20.7 Å². The lowest BCUT2D eigenvalue weighted by molar-refractivity contribution is 0.374. The number of nitrogens with one attached hydrogen (secondary N) is 1. The van der Waals surface area contributed by atoms with Crippen LogP contribution in [0.25, 0.3) is 0 Å². The van der Waals surface area contributed by atoms with E-state index in [0.29, 0.717) is 0 Å². The van der Waals surface area contributed by atoms with Crippen LogP contribution in [0.5, 0.6) is 0 Å². The molecule has 0 bridgehead atoms. The molecule has 0 aliphatic heterocycles. The second-order valence-electron chi connectivity index (χ2n) is 7.37. The summed E-state index contributed by atoms with van der Waals surface area (Å²) in [5.74, 6) is 0. The van der Waals surface area contributed by atoms with Crippen LogP contribution in [0.3, 0.4) is 0 Å². The summed E-state index contributed by atoms with van der Waals surface area (Å²) in [6, 6.07) is 3.93. The van der Waals surface area contributed by atoms with E-state index in [9.17, 15) is 0 Å². The molecule has 0 aromatic rings. The SMILES string of the molecule is CCCCCC[Si](C)(C)CCCNC1CCCCC1. The zero-order valence-electron chi connectivity index (χ0n) is 13.8. The normalized spacial score (nSPS) is 17.8. The van der Waals surface area contributed by atoms with Crippen LogP contribution >= 0.6 is 0 Å². The maximum Gasteiger partial charge on any atom is 0.0474 e. The third-order valence-corrected chi connectivity index (χ3v) is 8.19. The van der Waals surface area contributed by atoms with Gasteiger partial charge < -0.3 is 5.32 Å². The maximum atomic E-state index is 3.79. The minimum Gasteiger partial charge on any atom is -0.314 e. The van der Waals surface area contributed by atoms with Gasteiger partial charge in [0.15, 0.2) is 0 Å². The second-order valence-corrected chi connectivity index (χ2v) is 12.7. The number of hydrogen-bond donors (Lipinski definition) is 1. The van der Waals surface area contributed by atoms with Crippen LogP contribution in [0.2, 0.25) is 25.2 Å². The van der Waals surface area contributed by atoms with Crippen molar-refractivity contribution in [2.45, 2.75) is 102 Å². The average molecular weight is 284 g/mol. The van der Waals surface area contributed by atoms with Crippen LogP contribution in [-0.2, 0) is 0 Å². The topological polar surface area (TPSA) is 12.0 Å². The highest BCUT2D eigenvalue weighted by molar-refractivity contribution is 6.77. The van der Waals surface area contributed by atoms with Gasteiger partial charge in [0.25, 0.3) is 0 Å². The van der Waals surface area contributed by atoms with Crippen molar-refractivity contribution >= 4 is 8.07 Å². The predicted molar refractivity (Wildman–Crippen MR) is 90.7 cm³/mol. The van der Waals surface area contributed by atoms with E-state index in [1.54, 1.807) is 6.04 Å². The zero-order chi connectivity index (χ0) is 14.0. The van der Waals surface area contributed by atoms with E-state index < -0.39 is 8.07 Å². The molecule has 1 saturated carbocycles. The summed E-state index contributed by atoms with van der Waals surface area (Å²) in [5.41, 5.74) is 0. The molecule has 1 aliphatic rings. The molecule has 0 heterocycles. The van der Waals surface area contributed by atoms with E-state index in [0.717, 1.165) is 6.04 Å². The third kappa shape index (κ3) is 8.86. The summed E-state index contributed by atoms with van der Waals surface area (Å²) in [4.78, 5) is 0. The first-order chi connectivity index (χ1) is 9.14. The van der Waals surface area contributed by atoms with Gasteiger partial charge in [0, 0.05) is 14.1 Å². The number of unbranched alkanes of at least 4 members (excludes halogenated alkanes) is 3. The monoisotopic (exact) mass is 283 g/mol. The Morgan fingerprint density at radius 3 is 2.26 bits per heavy atom. The fourth-order valence-electron chi connectivity index (χ4n) is 3.34. The first-order valence-corrected chi connectivity index (χ1v) is 12.3. The van der Waals surface area contributed by atoms with Gasteiger partial charge in [0.2, 0.25) is 0 Å². The number of hydrogen-bond acceptors (Lipinski definition) is 1. The fourth-order valence-corrected chi connectivity index (χ4v) is 5.93. The molecule has 1 rings (SSSR count). The largest absolute Gasteiger partial charge is 0.314 e. The van der Waals surface area contributed by atoms with Gasteiger partial charge in [-0.2, -0.15) is 0 Å². The van der Waals surface area contributed by atoms with Gasteiger partial charge in [0.1, 0.15) is 0 Å². The highest BCUT2D eigenvalue weighted by Gasteiger charge is 2.19. The van der Waals surface area contributed by atoms with E-state index in [-0.39, 0.29) is 0 Å². The fraction of sp³-hybridized carbons (Fsp3) is 1.00. The summed E-state index contributed by atoms with van der Waals surface area (Å²) in [5, 5.41) is 3.79. The Morgan fingerprint density at radius 1 is 0.895 bits per heavy atom. The standard InChI is InChI=1S/C17H37NSi/c1-4-5-6-10-15-19(2,3)16-11-14-18-17-12-8-7-9-13-17/h17-18H,4-16H2,1-3H3. The molecule has 0 radical (unpaired) electrons. The predicted octanol–water partition coefficient (Wildman–Crippen LogP) is 5.59. The Hall–Kier alpha value is 0.177. The van der Waals surface area contributed by atoms with Gasteiger partial charge >= 0.3 is 0 Å². The number of rotatable bonds is 10. The lowest BCUT2D eigenvalue weighted by Crippen LogP contribution is -2.33. The second kappa shape index (κ2) is 9.98. The lowest BCUT2D eigenvalue weighted by atomic mass is 9.95. The Balaban J connectivity index is 1.99. The molecule has 0 unspecified atom stereocenters. The molecule has 0 aromatic heterocycles. The first-order valence-electron chi connectivity index (χ1n) is 8.87. The summed E-state index contributed by atoms with van der Waals surface area (Å²) < 4.78 is 0. The van der Waals surface area contributed by atoms with E-state index in [4.69, 9.17) is 0 Å². The van der Waals surface area contributed by atoms with E-state index >= 15 is 0 Å². The van der Waals surface area contributed by atoms with Crippen molar-refractivity contribution in [3.8, 4) is 0 Å². The molecule has 0 atom stereocenters. The summed E-state index contributed by atoms with van der Waals surface area (Å²) in [7, 11) is -0.880. The molecule has 1 aliphatic carbocycles. The molecule has 0 spiro atoms. The van der Waals surface area contributed by atoms with Gasteiger partial charge in [0.05, 0.1) is 0 Å². The summed E-state index contributed by atoms with van der Waals surface area (Å²) >= 11 is 0. The van der Waals surface area contributed by atoms with Crippen molar-refractivity contribution in [3.05, 3.63) is 0 Å². The third-order valence-electron chi connectivity index (χ3n) is 4.78. The molecule has 1 nitrogen and oxygen atoms in total. The maximum absolute atomic E-state index is 3.79. The van der Waals surface area contributed by atoms with Crippen LogP contribution in [0.1, 0.15) is 71.1 Å². The summed E-state index contributed by atoms with van der Waals surface area (Å²) in [6.45, 7) is 8.77. The molecule has 0 saturated heterocycles.